The van der Waals surface area contributed by atoms with Gasteiger partial charge in [-0.3, -0.25) is 14.9 Å². The second-order valence-corrected chi connectivity index (χ2v) is 7.17. The van der Waals surface area contributed by atoms with Crippen LogP contribution in [0.4, 0.5) is 0 Å². The third kappa shape index (κ3) is 2.88. The molecule has 0 radical (unpaired) electrons. The number of aromatic amines is 1. The Hall–Kier alpha value is -4.13. The van der Waals surface area contributed by atoms with Crippen LogP contribution in [0.15, 0.2) is 73.1 Å². The second kappa shape index (κ2) is 7.04. The lowest BCUT2D eigenvalue weighted by atomic mass is 9.95. The molecule has 3 N–H and O–H groups in total. The largest absolute Gasteiger partial charge is 0.508 e. The summed E-state index contributed by atoms with van der Waals surface area (Å²) >= 11 is 0. The van der Waals surface area contributed by atoms with E-state index in [0.717, 1.165) is 11.1 Å². The van der Waals surface area contributed by atoms with Crippen LogP contribution in [0.25, 0.3) is 11.3 Å². The summed E-state index contributed by atoms with van der Waals surface area (Å²) in [4.78, 5) is 19.2. The molecule has 1 amide bonds. The van der Waals surface area contributed by atoms with Crippen molar-refractivity contribution in [3.05, 3.63) is 95.4 Å². The first-order valence-electron chi connectivity index (χ1n) is 9.49. The lowest BCUT2D eigenvalue weighted by Crippen LogP contribution is -2.29. The SMILES string of the molecule is O=C1c2[nH]nc(-c3ccccc3O)c2[C@@H](c2cccc(O)c2)N1Cc1cccnc1. The molecule has 0 saturated heterocycles. The number of benzene rings is 2. The van der Waals surface area contributed by atoms with Gasteiger partial charge in [0, 0.05) is 30.1 Å². The van der Waals surface area contributed by atoms with Gasteiger partial charge in [-0.2, -0.15) is 5.10 Å². The number of aromatic nitrogens is 3. The average Bonchev–Trinajstić information content (AvgIpc) is 3.29. The Labute approximate surface area is 172 Å². The summed E-state index contributed by atoms with van der Waals surface area (Å²) in [5, 5.41) is 27.7. The smallest absolute Gasteiger partial charge is 0.273 e. The van der Waals surface area contributed by atoms with E-state index in [1.165, 1.54) is 0 Å². The lowest BCUT2D eigenvalue weighted by Gasteiger charge is -2.26. The van der Waals surface area contributed by atoms with Gasteiger partial charge in [-0.1, -0.05) is 30.3 Å². The maximum absolute atomic E-state index is 13.3. The van der Waals surface area contributed by atoms with Crippen LogP contribution in [-0.4, -0.2) is 36.2 Å². The van der Waals surface area contributed by atoms with Crippen molar-refractivity contribution in [2.75, 3.05) is 0 Å². The number of nitrogens with one attached hydrogen (secondary N) is 1. The molecule has 30 heavy (non-hydrogen) atoms. The molecule has 3 heterocycles. The molecule has 0 unspecified atom stereocenters. The minimum atomic E-state index is -0.479. The fraction of sp³-hybridized carbons (Fsp3) is 0.0870. The molecule has 0 bridgehead atoms. The van der Waals surface area contributed by atoms with Gasteiger partial charge in [-0.25, -0.2) is 0 Å². The zero-order valence-corrected chi connectivity index (χ0v) is 15.9. The number of phenolic OH excluding ortho intramolecular Hbond substituents is 2. The van der Waals surface area contributed by atoms with Crippen molar-refractivity contribution in [2.45, 2.75) is 12.6 Å². The summed E-state index contributed by atoms with van der Waals surface area (Å²) in [5.41, 5.74) is 3.75. The maximum Gasteiger partial charge on any atom is 0.273 e. The van der Waals surface area contributed by atoms with Crippen LogP contribution in [0.3, 0.4) is 0 Å². The van der Waals surface area contributed by atoms with E-state index >= 15 is 0 Å². The third-order valence-electron chi connectivity index (χ3n) is 5.28. The predicted octanol–water partition coefficient (Wildman–Crippen LogP) is 3.63. The number of H-pyrrole nitrogens is 1. The summed E-state index contributed by atoms with van der Waals surface area (Å²) in [6.07, 6.45) is 3.41. The lowest BCUT2D eigenvalue weighted by molar-refractivity contribution is 0.0729. The van der Waals surface area contributed by atoms with E-state index in [4.69, 9.17) is 0 Å². The first-order valence-corrected chi connectivity index (χ1v) is 9.49. The first kappa shape index (κ1) is 17.9. The molecule has 4 aromatic rings. The van der Waals surface area contributed by atoms with Gasteiger partial charge in [0.1, 0.15) is 22.9 Å². The van der Waals surface area contributed by atoms with Crippen molar-refractivity contribution in [3.63, 3.8) is 0 Å². The van der Waals surface area contributed by atoms with Crippen molar-refractivity contribution in [1.29, 1.82) is 0 Å². The quantitative estimate of drug-likeness (QED) is 0.487. The van der Waals surface area contributed by atoms with Crippen molar-refractivity contribution >= 4 is 5.91 Å². The molecule has 0 fully saturated rings. The van der Waals surface area contributed by atoms with Crippen molar-refractivity contribution in [3.8, 4) is 22.8 Å². The molecule has 0 spiro atoms. The highest BCUT2D eigenvalue weighted by atomic mass is 16.3. The van der Waals surface area contributed by atoms with Gasteiger partial charge in [0.2, 0.25) is 0 Å². The van der Waals surface area contributed by atoms with Crippen LogP contribution in [0.1, 0.15) is 33.2 Å². The Morgan fingerprint density at radius 1 is 1.03 bits per heavy atom. The monoisotopic (exact) mass is 398 g/mol. The molecule has 5 rings (SSSR count). The van der Waals surface area contributed by atoms with E-state index in [9.17, 15) is 15.0 Å². The Morgan fingerprint density at radius 3 is 2.67 bits per heavy atom. The molecule has 2 aromatic heterocycles. The molecule has 1 aliphatic rings. The highest BCUT2D eigenvalue weighted by Crippen LogP contribution is 2.45. The van der Waals surface area contributed by atoms with Gasteiger partial charge >= 0.3 is 0 Å². The van der Waals surface area contributed by atoms with Crippen LogP contribution in [0, 0.1) is 0 Å². The van der Waals surface area contributed by atoms with Crippen molar-refractivity contribution in [1.82, 2.24) is 20.1 Å². The standard InChI is InChI=1S/C23H18N4O3/c28-16-7-3-6-15(11-16)22-19-20(17-8-1-2-9-18(17)29)25-26-21(19)23(30)27(22)13-14-5-4-10-24-12-14/h1-12,22,28-29H,13H2,(H,25,26)/t22-/m1/s1. The summed E-state index contributed by atoms with van der Waals surface area (Å²) < 4.78 is 0. The van der Waals surface area contributed by atoms with Gasteiger partial charge in [-0.15, -0.1) is 0 Å². The number of hydrogen-bond acceptors (Lipinski definition) is 5. The molecule has 2 aromatic carbocycles. The van der Waals surface area contributed by atoms with Crippen LogP contribution in [-0.2, 0) is 6.54 Å². The number of para-hydroxylation sites is 1. The van der Waals surface area contributed by atoms with Gasteiger partial charge in [0.05, 0.1) is 6.04 Å². The number of nitrogens with zero attached hydrogens (tertiary/aromatic N) is 3. The highest BCUT2D eigenvalue weighted by Gasteiger charge is 2.42. The maximum atomic E-state index is 13.3. The third-order valence-corrected chi connectivity index (χ3v) is 5.28. The minimum Gasteiger partial charge on any atom is -0.508 e. The van der Waals surface area contributed by atoms with Gasteiger partial charge in [0.15, 0.2) is 0 Å². The van der Waals surface area contributed by atoms with E-state index in [1.807, 2.05) is 24.3 Å². The second-order valence-electron chi connectivity index (χ2n) is 7.17. The van der Waals surface area contributed by atoms with Crippen molar-refractivity contribution in [2.24, 2.45) is 0 Å². The highest BCUT2D eigenvalue weighted by molar-refractivity contribution is 6.00. The number of rotatable bonds is 4. The van der Waals surface area contributed by atoms with Crippen LogP contribution < -0.4 is 0 Å². The van der Waals surface area contributed by atoms with E-state index in [-0.39, 0.29) is 17.4 Å². The summed E-state index contributed by atoms with van der Waals surface area (Å²) in [7, 11) is 0. The molecule has 0 saturated carbocycles. The number of aromatic hydroxyl groups is 2. The summed E-state index contributed by atoms with van der Waals surface area (Å²) in [5.74, 6) is -0.00156. The molecule has 1 atom stereocenters. The van der Waals surface area contributed by atoms with Crippen molar-refractivity contribution < 1.29 is 15.0 Å². The fourth-order valence-electron chi connectivity index (χ4n) is 3.97. The van der Waals surface area contributed by atoms with Crippen LogP contribution in [0.2, 0.25) is 0 Å². The van der Waals surface area contributed by atoms with Gasteiger partial charge < -0.3 is 15.1 Å². The molecule has 7 nitrogen and oxygen atoms in total. The molecular weight excluding hydrogens is 380 g/mol. The van der Waals surface area contributed by atoms with Gasteiger partial charge in [0.25, 0.3) is 5.91 Å². The number of phenols is 2. The number of hydrogen-bond donors (Lipinski definition) is 3. The van der Waals surface area contributed by atoms with Crippen LogP contribution in [0.5, 0.6) is 11.5 Å². The Morgan fingerprint density at radius 2 is 1.90 bits per heavy atom. The predicted molar refractivity (Wildman–Crippen MR) is 110 cm³/mol. The van der Waals surface area contributed by atoms with E-state index in [0.29, 0.717) is 29.1 Å². The number of amides is 1. The van der Waals surface area contributed by atoms with E-state index in [1.54, 1.807) is 53.7 Å². The van der Waals surface area contributed by atoms with Crippen LogP contribution >= 0.6 is 0 Å². The molecule has 1 aliphatic heterocycles. The topological polar surface area (TPSA) is 102 Å². The molecule has 7 heteroatoms. The Kier molecular flexibility index (Phi) is 4.21. The summed E-state index contributed by atoms with van der Waals surface area (Å²) in [6.45, 7) is 0.343. The average molecular weight is 398 g/mol. The zero-order valence-electron chi connectivity index (χ0n) is 15.9. The Balaban J connectivity index is 1.68. The zero-order chi connectivity index (χ0) is 20.7. The summed E-state index contributed by atoms with van der Waals surface area (Å²) in [6, 6.07) is 17.0. The number of carbonyl (C=O) groups is 1. The van der Waals surface area contributed by atoms with E-state index < -0.39 is 6.04 Å². The van der Waals surface area contributed by atoms with Gasteiger partial charge in [-0.05, 0) is 41.5 Å². The minimum absolute atomic E-state index is 0.0830. The first-order chi connectivity index (χ1) is 14.6. The normalized spacial score (nSPS) is 15.4. The number of carbonyl (C=O) groups excluding carboxylic acids is 1. The number of pyridine rings is 1. The number of fused-ring (bicyclic) bond motifs is 1. The molecular formula is C23H18N4O3. The molecule has 0 aliphatic carbocycles. The Bertz CT molecular complexity index is 1240. The fourth-order valence-corrected chi connectivity index (χ4v) is 3.97. The molecule has 148 valence electrons. The van der Waals surface area contributed by atoms with E-state index in [2.05, 4.69) is 15.2 Å².